The molecule has 0 bridgehead atoms. The Morgan fingerprint density at radius 3 is 2.37 bits per heavy atom. The van der Waals surface area contributed by atoms with Crippen LogP contribution < -0.4 is 11.1 Å². The average molecular weight is 584 g/mol. The quantitative estimate of drug-likeness (QED) is 0.209. The molecule has 41 heavy (non-hydrogen) atoms. The van der Waals surface area contributed by atoms with Crippen LogP contribution >= 0.6 is 12.4 Å². The van der Waals surface area contributed by atoms with Crippen molar-refractivity contribution in [3.63, 3.8) is 0 Å². The van der Waals surface area contributed by atoms with E-state index in [-0.39, 0.29) is 43.0 Å². The highest BCUT2D eigenvalue weighted by Crippen LogP contribution is 2.32. The lowest BCUT2D eigenvalue weighted by molar-refractivity contribution is -0.138. The van der Waals surface area contributed by atoms with E-state index in [1.54, 1.807) is 19.1 Å². The highest BCUT2D eigenvalue weighted by atomic mass is 35.5. The van der Waals surface area contributed by atoms with Gasteiger partial charge in [-0.1, -0.05) is 6.07 Å². The second-order valence-electron chi connectivity index (χ2n) is 10.7. The molecule has 220 valence electrons. The first-order chi connectivity index (χ1) is 19.0. The van der Waals surface area contributed by atoms with Crippen LogP contribution in [-0.2, 0) is 28.6 Å². The molecule has 4 rings (SSSR count). The van der Waals surface area contributed by atoms with E-state index in [9.17, 15) is 19.5 Å². The highest BCUT2D eigenvalue weighted by Gasteiger charge is 2.42. The molecule has 1 aromatic heterocycles. The number of aromatic nitrogens is 2. The van der Waals surface area contributed by atoms with Gasteiger partial charge in [0.05, 0.1) is 29.5 Å². The number of nitrogens with zero attached hydrogens (tertiary/aromatic N) is 4. The van der Waals surface area contributed by atoms with Crippen LogP contribution in [0.15, 0.2) is 42.5 Å². The molecule has 2 aromatic carbocycles. The summed E-state index contributed by atoms with van der Waals surface area (Å²) in [6, 6.07) is 12.9. The third-order valence-electron chi connectivity index (χ3n) is 7.56. The van der Waals surface area contributed by atoms with Gasteiger partial charge in [0.15, 0.2) is 0 Å². The number of halogens is 1. The van der Waals surface area contributed by atoms with Crippen molar-refractivity contribution in [2.24, 2.45) is 12.8 Å². The summed E-state index contributed by atoms with van der Waals surface area (Å²) in [5.74, 6) is 0.350. The van der Waals surface area contributed by atoms with Crippen molar-refractivity contribution < 1.29 is 19.5 Å². The zero-order valence-corrected chi connectivity index (χ0v) is 24.5. The van der Waals surface area contributed by atoms with Gasteiger partial charge in [-0.3, -0.25) is 19.9 Å². The molecule has 2 heterocycles. The summed E-state index contributed by atoms with van der Waals surface area (Å²) in [5, 5.41) is 20.7. The van der Waals surface area contributed by atoms with Crippen LogP contribution in [0, 0.1) is 5.41 Å². The summed E-state index contributed by atoms with van der Waals surface area (Å²) < 4.78 is 1.97. The number of hydrogen-bond donors (Lipinski definition) is 4. The second-order valence-corrected chi connectivity index (χ2v) is 10.7. The van der Waals surface area contributed by atoms with Crippen LogP contribution in [0.2, 0.25) is 0 Å². The van der Waals surface area contributed by atoms with Crippen molar-refractivity contribution in [2.45, 2.75) is 45.1 Å². The molecule has 1 aliphatic rings. The Bertz CT molecular complexity index is 1430. The van der Waals surface area contributed by atoms with Gasteiger partial charge in [-0.2, -0.15) is 0 Å². The molecule has 1 saturated heterocycles. The lowest BCUT2D eigenvalue weighted by atomic mass is 9.79. The summed E-state index contributed by atoms with van der Waals surface area (Å²) >= 11 is 0. The van der Waals surface area contributed by atoms with Crippen molar-refractivity contribution in [3.8, 4) is 0 Å². The minimum Gasteiger partial charge on any atom is -0.465 e. The number of amides is 2. The zero-order chi connectivity index (χ0) is 29.0. The number of imidazole rings is 1. The molecule has 0 saturated carbocycles. The number of nitrogen functional groups attached to an aromatic ring is 1. The Labute approximate surface area is 245 Å². The van der Waals surface area contributed by atoms with Crippen molar-refractivity contribution >= 4 is 52.7 Å². The molecule has 1 unspecified atom stereocenters. The summed E-state index contributed by atoms with van der Waals surface area (Å²) in [5.41, 5.74) is 8.06. The molecule has 1 aliphatic heterocycles. The van der Waals surface area contributed by atoms with E-state index in [4.69, 9.17) is 16.1 Å². The molecule has 3 aromatic rings. The smallest absolute Gasteiger partial charge is 0.407 e. The summed E-state index contributed by atoms with van der Waals surface area (Å²) in [7, 11) is 1.92. The van der Waals surface area contributed by atoms with Crippen molar-refractivity contribution in [1.29, 1.82) is 5.41 Å². The number of nitrogens with two attached hydrogens (primary N) is 1. The molecular formula is C29H38ClN7O4. The number of Topliss-reactive ketones (excluding diaryl/α,β-unsaturated/α-hetero) is 1. The second kappa shape index (κ2) is 13.0. The van der Waals surface area contributed by atoms with Gasteiger partial charge >= 0.3 is 6.09 Å². The highest BCUT2D eigenvalue weighted by molar-refractivity contribution is 5.95. The van der Waals surface area contributed by atoms with Gasteiger partial charge in [-0.15, -0.1) is 12.4 Å². The average Bonchev–Trinajstić information content (AvgIpc) is 3.25. The normalized spacial score (nSPS) is 14.6. The molecule has 2 amide bonds. The van der Waals surface area contributed by atoms with Crippen molar-refractivity contribution in [2.75, 3.05) is 31.5 Å². The third-order valence-corrected chi connectivity index (χ3v) is 7.56. The zero-order valence-electron chi connectivity index (χ0n) is 23.6. The lowest BCUT2D eigenvalue weighted by Gasteiger charge is -2.39. The number of nitrogens with one attached hydrogen (secondary N) is 2. The number of fused-ring (bicyclic) bond motifs is 1. The number of amidine groups is 1. The van der Waals surface area contributed by atoms with Crippen LogP contribution in [0.5, 0.6) is 0 Å². The molecule has 1 atom stereocenters. The van der Waals surface area contributed by atoms with Gasteiger partial charge in [0, 0.05) is 37.9 Å². The van der Waals surface area contributed by atoms with Gasteiger partial charge in [-0.05, 0) is 75.1 Å². The molecule has 0 aliphatic carbocycles. The minimum atomic E-state index is -1.24. The van der Waals surface area contributed by atoms with E-state index in [2.05, 4.69) is 5.32 Å². The fraction of sp³-hybridized carbons (Fsp3) is 0.414. The number of anilines is 1. The van der Waals surface area contributed by atoms with E-state index >= 15 is 0 Å². The number of ketones is 1. The Morgan fingerprint density at radius 1 is 1.12 bits per heavy atom. The Balaban J connectivity index is 0.00000462. The van der Waals surface area contributed by atoms with Gasteiger partial charge < -0.3 is 25.6 Å². The number of aryl methyl sites for hydroxylation is 1. The van der Waals surface area contributed by atoms with Gasteiger partial charge in [0.1, 0.15) is 17.4 Å². The fourth-order valence-electron chi connectivity index (χ4n) is 5.27. The van der Waals surface area contributed by atoms with Crippen LogP contribution in [0.3, 0.4) is 0 Å². The Kier molecular flexibility index (Phi) is 9.98. The molecule has 0 spiro atoms. The molecule has 12 heteroatoms. The van der Waals surface area contributed by atoms with E-state index in [0.29, 0.717) is 36.3 Å². The van der Waals surface area contributed by atoms with Gasteiger partial charge in [-0.25, -0.2) is 9.78 Å². The number of carbonyl (C=O) groups is 3. The largest absolute Gasteiger partial charge is 0.465 e. The number of benzene rings is 2. The molecule has 1 fully saturated rings. The van der Waals surface area contributed by atoms with Gasteiger partial charge in [0.25, 0.3) is 0 Å². The SMILES string of the molecule is CC(=O)CN(CC(C)(C(=O)N1CCCCC1)c1ccc2c(c1)nc(CNc1ccc(C(=N)N)cc1)n2C)C(=O)O.Cl. The van der Waals surface area contributed by atoms with Crippen LogP contribution in [0.4, 0.5) is 10.5 Å². The predicted molar refractivity (Wildman–Crippen MR) is 161 cm³/mol. The van der Waals surface area contributed by atoms with E-state index in [1.165, 1.54) is 6.92 Å². The van der Waals surface area contributed by atoms with Crippen LogP contribution in [0.25, 0.3) is 11.0 Å². The Hall–Kier alpha value is -4.12. The van der Waals surface area contributed by atoms with E-state index in [1.807, 2.05) is 46.8 Å². The third kappa shape index (κ3) is 6.97. The van der Waals surface area contributed by atoms with Crippen molar-refractivity contribution in [1.82, 2.24) is 19.4 Å². The fourth-order valence-corrected chi connectivity index (χ4v) is 5.27. The number of hydrogen-bond acceptors (Lipinski definition) is 6. The predicted octanol–water partition coefficient (Wildman–Crippen LogP) is 3.73. The van der Waals surface area contributed by atoms with Gasteiger partial charge in [0.2, 0.25) is 5.91 Å². The summed E-state index contributed by atoms with van der Waals surface area (Å²) in [6.07, 6.45) is 1.64. The molecule has 11 nitrogen and oxygen atoms in total. The topological polar surface area (TPSA) is 158 Å². The van der Waals surface area contributed by atoms with Crippen LogP contribution in [0.1, 0.15) is 50.1 Å². The maximum Gasteiger partial charge on any atom is 0.407 e. The first-order valence-corrected chi connectivity index (χ1v) is 13.4. The maximum atomic E-state index is 14.0. The Morgan fingerprint density at radius 2 is 1.78 bits per heavy atom. The number of carboxylic acid groups (broad SMARTS) is 1. The summed E-state index contributed by atoms with van der Waals surface area (Å²) in [6.45, 7) is 4.37. The minimum absolute atomic E-state index is 0. The molecule has 5 N–H and O–H groups in total. The monoisotopic (exact) mass is 583 g/mol. The van der Waals surface area contributed by atoms with E-state index in [0.717, 1.165) is 41.2 Å². The number of rotatable bonds is 10. The van der Waals surface area contributed by atoms with Crippen molar-refractivity contribution in [3.05, 3.63) is 59.4 Å². The first kappa shape index (κ1) is 31.4. The first-order valence-electron chi connectivity index (χ1n) is 13.4. The lowest BCUT2D eigenvalue weighted by Crippen LogP contribution is -2.54. The molecule has 0 radical (unpaired) electrons. The molecular weight excluding hydrogens is 546 g/mol. The number of piperidine rings is 1. The van der Waals surface area contributed by atoms with E-state index < -0.39 is 11.5 Å². The van der Waals surface area contributed by atoms with Crippen LogP contribution in [-0.4, -0.2) is 74.3 Å². The number of likely N-dealkylation sites (tertiary alicyclic amines) is 1. The maximum absolute atomic E-state index is 14.0. The number of carbonyl (C=O) groups excluding carboxylic acids is 2. The summed E-state index contributed by atoms with van der Waals surface area (Å²) in [4.78, 5) is 45.5. The standard InChI is InChI=1S/C29H37N7O4.ClH/c1-19(37)17-36(28(39)40)18-29(2,27(38)35-13-5-4-6-14-35)21-9-12-24-23(15-21)33-25(34(24)3)16-32-22-10-7-20(8-11-22)26(30)31;/h7-12,15,32H,4-6,13-14,16-18H2,1-3H3,(H3,30,31)(H,39,40);1H.